The molecule has 0 spiro atoms. The summed E-state index contributed by atoms with van der Waals surface area (Å²) in [4.78, 5) is 0. The molecule has 0 unspecified atom stereocenters. The third-order valence-corrected chi connectivity index (χ3v) is 2.41. The highest BCUT2D eigenvalue weighted by Crippen LogP contribution is 2.35. The second-order valence-corrected chi connectivity index (χ2v) is 3.72. The number of nitrogens with one attached hydrogen (secondary N) is 1. The Morgan fingerprint density at radius 2 is 2.06 bits per heavy atom. The van der Waals surface area contributed by atoms with Crippen LogP contribution < -0.4 is 5.73 Å². The van der Waals surface area contributed by atoms with Crippen molar-refractivity contribution in [3.63, 3.8) is 0 Å². The van der Waals surface area contributed by atoms with Gasteiger partial charge in [0.05, 0.1) is 17.0 Å². The van der Waals surface area contributed by atoms with Gasteiger partial charge < -0.3 is 5.73 Å². The van der Waals surface area contributed by atoms with E-state index in [9.17, 15) is 13.2 Å². The summed E-state index contributed by atoms with van der Waals surface area (Å²) >= 11 is 0. The molecule has 0 aliphatic carbocycles. The average molecular weight is 257 g/mol. The van der Waals surface area contributed by atoms with E-state index in [-0.39, 0.29) is 17.8 Å². The zero-order valence-electron chi connectivity index (χ0n) is 9.41. The average Bonchev–Trinajstić information content (AvgIpc) is 2.77. The Labute approximate surface area is 100 Å². The van der Waals surface area contributed by atoms with Crippen molar-refractivity contribution in [3.8, 4) is 11.3 Å². The molecule has 0 aliphatic rings. The van der Waals surface area contributed by atoms with Crippen LogP contribution in [0.15, 0.2) is 12.3 Å². The van der Waals surface area contributed by atoms with Gasteiger partial charge in [0.1, 0.15) is 0 Å². The fourth-order valence-electron chi connectivity index (χ4n) is 1.59. The Kier molecular flexibility index (Phi) is 3.04. The monoisotopic (exact) mass is 257 g/mol. The highest BCUT2D eigenvalue weighted by atomic mass is 19.4. The van der Waals surface area contributed by atoms with Crippen LogP contribution in [0.3, 0.4) is 0 Å². The second-order valence-electron chi connectivity index (χ2n) is 3.72. The van der Waals surface area contributed by atoms with Crippen molar-refractivity contribution in [2.45, 2.75) is 19.6 Å². The second kappa shape index (κ2) is 4.37. The number of hydrogen-bond acceptors (Lipinski definition) is 4. The highest BCUT2D eigenvalue weighted by Gasteiger charge is 2.37. The first kappa shape index (κ1) is 12.5. The van der Waals surface area contributed by atoms with E-state index in [0.717, 1.165) is 6.20 Å². The van der Waals surface area contributed by atoms with Crippen LogP contribution in [0.25, 0.3) is 11.3 Å². The molecule has 2 aromatic heterocycles. The molecular weight excluding hydrogens is 247 g/mol. The van der Waals surface area contributed by atoms with Gasteiger partial charge in [0.25, 0.3) is 0 Å². The smallest absolute Gasteiger partial charge is 0.325 e. The van der Waals surface area contributed by atoms with Crippen LogP contribution in [0, 0.1) is 6.92 Å². The molecule has 0 atom stereocenters. The third-order valence-electron chi connectivity index (χ3n) is 2.41. The van der Waals surface area contributed by atoms with E-state index in [1.165, 1.54) is 0 Å². The maximum Gasteiger partial charge on any atom is 0.435 e. The zero-order chi connectivity index (χ0) is 13.3. The van der Waals surface area contributed by atoms with Gasteiger partial charge in [0.2, 0.25) is 0 Å². The summed E-state index contributed by atoms with van der Waals surface area (Å²) in [5.74, 6) is 0. The van der Waals surface area contributed by atoms with Gasteiger partial charge in [-0.2, -0.15) is 23.4 Å². The van der Waals surface area contributed by atoms with Crippen LogP contribution in [0.4, 0.5) is 13.2 Å². The summed E-state index contributed by atoms with van der Waals surface area (Å²) in [6.45, 7) is 1.84. The molecule has 0 saturated carbocycles. The molecule has 0 aromatic carbocycles. The number of nitrogens with two attached hydrogens (primary N) is 1. The Morgan fingerprint density at radius 1 is 1.33 bits per heavy atom. The molecule has 3 N–H and O–H groups in total. The molecule has 2 aromatic rings. The van der Waals surface area contributed by atoms with Crippen LogP contribution in [0.5, 0.6) is 0 Å². The standard InChI is InChI=1S/C10H10F3N5/c1-5-2-6(3-14)16-17-8(5)7-4-15-18-9(7)10(11,12)13/h2,4H,3,14H2,1H3,(H,15,18). The molecule has 2 rings (SSSR count). The summed E-state index contributed by atoms with van der Waals surface area (Å²) in [6, 6.07) is 1.61. The predicted molar refractivity (Wildman–Crippen MR) is 57.2 cm³/mol. The maximum absolute atomic E-state index is 12.7. The normalized spacial score (nSPS) is 11.8. The number of H-pyrrole nitrogens is 1. The summed E-state index contributed by atoms with van der Waals surface area (Å²) in [7, 11) is 0. The summed E-state index contributed by atoms with van der Waals surface area (Å²) < 4.78 is 38.1. The summed E-state index contributed by atoms with van der Waals surface area (Å²) in [5, 5.41) is 12.9. The molecule has 0 aliphatic heterocycles. The number of rotatable bonds is 2. The lowest BCUT2D eigenvalue weighted by atomic mass is 10.1. The minimum atomic E-state index is -4.53. The first-order valence-corrected chi connectivity index (χ1v) is 5.08. The first-order chi connectivity index (χ1) is 8.43. The van der Waals surface area contributed by atoms with Crippen molar-refractivity contribution in [3.05, 3.63) is 29.2 Å². The van der Waals surface area contributed by atoms with Crippen LogP contribution in [0.2, 0.25) is 0 Å². The topological polar surface area (TPSA) is 80.5 Å². The van der Waals surface area contributed by atoms with Gasteiger partial charge >= 0.3 is 6.18 Å². The van der Waals surface area contributed by atoms with Crippen molar-refractivity contribution in [1.29, 1.82) is 0 Å². The molecule has 0 radical (unpaired) electrons. The van der Waals surface area contributed by atoms with Crippen molar-refractivity contribution in [2.24, 2.45) is 5.73 Å². The number of aromatic amines is 1. The van der Waals surface area contributed by atoms with Gasteiger partial charge in [-0.1, -0.05) is 0 Å². The number of halogens is 3. The SMILES string of the molecule is Cc1cc(CN)nnc1-c1c[nH]nc1C(F)(F)F. The van der Waals surface area contributed by atoms with Crippen LogP contribution in [0.1, 0.15) is 17.0 Å². The number of aryl methyl sites for hydroxylation is 1. The molecule has 0 bridgehead atoms. The van der Waals surface area contributed by atoms with E-state index in [0.29, 0.717) is 11.3 Å². The molecule has 2 heterocycles. The van der Waals surface area contributed by atoms with Crippen molar-refractivity contribution < 1.29 is 13.2 Å². The lowest BCUT2D eigenvalue weighted by Crippen LogP contribution is -2.09. The van der Waals surface area contributed by atoms with Gasteiger partial charge in [-0.05, 0) is 18.6 Å². The highest BCUT2D eigenvalue weighted by molar-refractivity contribution is 5.64. The zero-order valence-corrected chi connectivity index (χ0v) is 9.41. The number of nitrogens with zero attached hydrogens (tertiary/aromatic N) is 3. The van der Waals surface area contributed by atoms with E-state index in [4.69, 9.17) is 5.73 Å². The Morgan fingerprint density at radius 3 is 2.61 bits per heavy atom. The van der Waals surface area contributed by atoms with Crippen molar-refractivity contribution >= 4 is 0 Å². The number of aromatic nitrogens is 4. The predicted octanol–water partition coefficient (Wildman–Crippen LogP) is 1.65. The van der Waals surface area contributed by atoms with Gasteiger partial charge in [-0.15, -0.1) is 5.10 Å². The van der Waals surface area contributed by atoms with E-state index in [1.807, 2.05) is 0 Å². The molecule has 96 valence electrons. The molecule has 8 heteroatoms. The maximum atomic E-state index is 12.7. The van der Waals surface area contributed by atoms with E-state index in [1.54, 1.807) is 13.0 Å². The molecular formula is C10H10F3N5. The quantitative estimate of drug-likeness (QED) is 0.857. The van der Waals surface area contributed by atoms with Crippen LogP contribution in [-0.2, 0) is 12.7 Å². The minimum absolute atomic E-state index is 0.115. The summed E-state index contributed by atoms with van der Waals surface area (Å²) in [6.07, 6.45) is -3.38. The fourth-order valence-corrected chi connectivity index (χ4v) is 1.59. The van der Waals surface area contributed by atoms with Crippen LogP contribution in [-0.4, -0.2) is 20.4 Å². The Bertz CT molecular complexity index is 561. The van der Waals surface area contributed by atoms with E-state index in [2.05, 4.69) is 20.4 Å². The molecule has 0 saturated heterocycles. The third kappa shape index (κ3) is 2.19. The fraction of sp³-hybridized carbons (Fsp3) is 0.300. The van der Waals surface area contributed by atoms with Gasteiger partial charge in [0.15, 0.2) is 5.69 Å². The Hall–Kier alpha value is -1.96. The molecule has 18 heavy (non-hydrogen) atoms. The van der Waals surface area contributed by atoms with Crippen molar-refractivity contribution in [2.75, 3.05) is 0 Å². The minimum Gasteiger partial charge on any atom is -0.325 e. The lowest BCUT2D eigenvalue weighted by molar-refractivity contribution is -0.140. The number of hydrogen-bond donors (Lipinski definition) is 2. The van der Waals surface area contributed by atoms with Gasteiger partial charge in [-0.3, -0.25) is 5.10 Å². The molecule has 0 amide bonds. The largest absolute Gasteiger partial charge is 0.435 e. The molecule has 5 nitrogen and oxygen atoms in total. The molecule has 0 fully saturated rings. The Balaban J connectivity index is 2.53. The van der Waals surface area contributed by atoms with Crippen molar-refractivity contribution in [1.82, 2.24) is 20.4 Å². The number of alkyl halides is 3. The first-order valence-electron chi connectivity index (χ1n) is 5.08. The lowest BCUT2D eigenvalue weighted by Gasteiger charge is -2.07. The van der Waals surface area contributed by atoms with Crippen LogP contribution >= 0.6 is 0 Å². The van der Waals surface area contributed by atoms with Gasteiger partial charge in [-0.25, -0.2) is 0 Å². The summed E-state index contributed by atoms with van der Waals surface area (Å²) in [5.41, 5.74) is 5.51. The van der Waals surface area contributed by atoms with E-state index >= 15 is 0 Å². The van der Waals surface area contributed by atoms with Gasteiger partial charge in [0, 0.05) is 12.7 Å². The van der Waals surface area contributed by atoms with E-state index < -0.39 is 11.9 Å².